The number of sulfonamides is 1. The Balaban J connectivity index is 2.31. The summed E-state index contributed by atoms with van der Waals surface area (Å²) in [6.45, 7) is 3.50. The van der Waals surface area contributed by atoms with Gasteiger partial charge in [0.25, 0.3) is 0 Å². The third-order valence-electron chi connectivity index (χ3n) is 3.15. The first-order valence-electron chi connectivity index (χ1n) is 6.49. The fourth-order valence-electron chi connectivity index (χ4n) is 2.17. The molecule has 1 amide bonds. The average Bonchev–Trinajstić information content (AvgIpc) is 2.66. The van der Waals surface area contributed by atoms with Crippen molar-refractivity contribution in [1.29, 1.82) is 0 Å². The molecular weight excluding hydrogens is 309 g/mol. The monoisotopic (exact) mass is 325 g/mol. The van der Waals surface area contributed by atoms with Crippen molar-refractivity contribution in [2.24, 2.45) is 0 Å². The third-order valence-corrected chi connectivity index (χ3v) is 3.75. The highest BCUT2D eigenvalue weighted by Crippen LogP contribution is 2.18. The Morgan fingerprint density at radius 3 is 2.41 bits per heavy atom. The van der Waals surface area contributed by atoms with Gasteiger partial charge in [0.15, 0.2) is 0 Å². The second kappa shape index (κ2) is 5.88. The molecule has 0 aliphatic rings. The normalized spacial score (nSPS) is 11.5. The number of nitrogens with one attached hydrogen (secondary N) is 1. The van der Waals surface area contributed by atoms with Gasteiger partial charge < -0.3 is 0 Å². The molecule has 0 radical (unpaired) electrons. The predicted octanol–water partition coefficient (Wildman–Crippen LogP) is 1.25. The molecule has 2 aromatic rings. The Morgan fingerprint density at radius 1 is 1.27 bits per heavy atom. The van der Waals surface area contributed by atoms with Crippen LogP contribution in [0.1, 0.15) is 17.0 Å². The van der Waals surface area contributed by atoms with Crippen LogP contribution in [0, 0.1) is 19.7 Å². The van der Waals surface area contributed by atoms with E-state index >= 15 is 0 Å². The molecule has 0 saturated carbocycles. The molecule has 0 aliphatic carbocycles. The molecule has 0 unspecified atom stereocenters. The molecule has 0 fully saturated rings. The van der Waals surface area contributed by atoms with Gasteiger partial charge in [-0.25, -0.2) is 17.5 Å². The van der Waals surface area contributed by atoms with E-state index in [2.05, 4.69) is 5.10 Å². The Labute approximate surface area is 128 Å². The second-order valence-electron chi connectivity index (χ2n) is 5.01. The quantitative estimate of drug-likeness (QED) is 0.917. The van der Waals surface area contributed by atoms with Gasteiger partial charge in [-0.05, 0) is 38.1 Å². The Hall–Kier alpha value is -2.22. The first-order chi connectivity index (χ1) is 10.2. The number of amides is 1. The van der Waals surface area contributed by atoms with Crippen molar-refractivity contribution < 1.29 is 17.6 Å². The smallest absolute Gasteiger partial charge is 0.237 e. The van der Waals surface area contributed by atoms with Crippen molar-refractivity contribution in [2.45, 2.75) is 20.3 Å². The lowest BCUT2D eigenvalue weighted by Gasteiger charge is -2.06. The third kappa shape index (κ3) is 3.70. The van der Waals surface area contributed by atoms with Gasteiger partial charge in [0.05, 0.1) is 24.1 Å². The van der Waals surface area contributed by atoms with Crippen LogP contribution in [0.3, 0.4) is 0 Å². The van der Waals surface area contributed by atoms with E-state index in [-0.39, 0.29) is 12.2 Å². The summed E-state index contributed by atoms with van der Waals surface area (Å²) in [4.78, 5) is 11.7. The van der Waals surface area contributed by atoms with Gasteiger partial charge in [-0.15, -0.1) is 0 Å². The number of carbonyl (C=O) groups is 1. The molecule has 1 heterocycles. The van der Waals surface area contributed by atoms with Crippen molar-refractivity contribution in [3.8, 4) is 5.69 Å². The summed E-state index contributed by atoms with van der Waals surface area (Å²) >= 11 is 0. The fraction of sp³-hybridized carbons (Fsp3) is 0.286. The average molecular weight is 325 g/mol. The molecule has 1 aromatic carbocycles. The molecular formula is C14H16FN3O3S. The number of halogens is 1. The van der Waals surface area contributed by atoms with Crippen LogP contribution >= 0.6 is 0 Å². The van der Waals surface area contributed by atoms with E-state index in [4.69, 9.17) is 0 Å². The van der Waals surface area contributed by atoms with Gasteiger partial charge in [0, 0.05) is 11.3 Å². The van der Waals surface area contributed by atoms with Crippen molar-refractivity contribution in [3.63, 3.8) is 0 Å². The van der Waals surface area contributed by atoms with Gasteiger partial charge in [-0.2, -0.15) is 5.10 Å². The van der Waals surface area contributed by atoms with E-state index in [9.17, 15) is 17.6 Å². The molecule has 0 atom stereocenters. The van der Waals surface area contributed by atoms with E-state index in [1.54, 1.807) is 30.7 Å². The lowest BCUT2D eigenvalue weighted by Crippen LogP contribution is -2.30. The molecule has 0 aliphatic heterocycles. The predicted molar refractivity (Wildman–Crippen MR) is 79.7 cm³/mol. The first-order valence-corrected chi connectivity index (χ1v) is 8.38. The number of carbonyl (C=O) groups excluding carboxylic acids is 1. The number of nitrogens with zero attached hydrogens (tertiary/aromatic N) is 2. The van der Waals surface area contributed by atoms with Crippen molar-refractivity contribution >= 4 is 15.9 Å². The largest absolute Gasteiger partial charge is 0.274 e. The van der Waals surface area contributed by atoms with Crippen LogP contribution in [-0.4, -0.2) is 30.4 Å². The van der Waals surface area contributed by atoms with Crippen LogP contribution in [-0.2, 0) is 21.2 Å². The lowest BCUT2D eigenvalue weighted by atomic mass is 10.1. The van der Waals surface area contributed by atoms with Gasteiger partial charge in [0.2, 0.25) is 15.9 Å². The number of aromatic nitrogens is 2. The highest BCUT2D eigenvalue weighted by Gasteiger charge is 2.17. The molecule has 6 nitrogen and oxygen atoms in total. The molecule has 0 spiro atoms. The van der Waals surface area contributed by atoms with Gasteiger partial charge >= 0.3 is 0 Å². The topological polar surface area (TPSA) is 81.1 Å². The highest BCUT2D eigenvalue weighted by molar-refractivity contribution is 7.89. The van der Waals surface area contributed by atoms with Crippen LogP contribution in [0.4, 0.5) is 4.39 Å². The number of rotatable bonds is 4. The van der Waals surface area contributed by atoms with Gasteiger partial charge in [0.1, 0.15) is 5.82 Å². The molecule has 118 valence electrons. The highest BCUT2D eigenvalue weighted by atomic mass is 32.2. The molecule has 8 heteroatoms. The minimum absolute atomic E-state index is 0.0913. The SMILES string of the molecule is Cc1nn(-c2ccc(F)cc2)c(C)c1CC(=O)NS(C)(=O)=O. The Morgan fingerprint density at radius 2 is 1.86 bits per heavy atom. The first kappa shape index (κ1) is 16.2. The van der Waals surface area contributed by atoms with Crippen LogP contribution in [0.15, 0.2) is 24.3 Å². The zero-order chi connectivity index (χ0) is 16.5. The molecule has 2 rings (SSSR count). The van der Waals surface area contributed by atoms with Crippen molar-refractivity contribution in [3.05, 3.63) is 47.0 Å². The maximum atomic E-state index is 13.0. The fourth-order valence-corrected chi connectivity index (χ4v) is 2.65. The summed E-state index contributed by atoms with van der Waals surface area (Å²) in [6.07, 6.45) is 0.832. The van der Waals surface area contributed by atoms with Crippen LogP contribution < -0.4 is 4.72 Å². The van der Waals surface area contributed by atoms with Gasteiger partial charge in [-0.3, -0.25) is 9.52 Å². The van der Waals surface area contributed by atoms with Crippen LogP contribution in [0.25, 0.3) is 5.69 Å². The maximum absolute atomic E-state index is 13.0. The number of aryl methyl sites for hydroxylation is 1. The Kier molecular flexibility index (Phi) is 4.32. The van der Waals surface area contributed by atoms with E-state index in [1.165, 1.54) is 12.1 Å². The number of benzene rings is 1. The number of hydrogen-bond donors (Lipinski definition) is 1. The summed E-state index contributed by atoms with van der Waals surface area (Å²) in [5.74, 6) is -0.967. The minimum atomic E-state index is -3.59. The summed E-state index contributed by atoms with van der Waals surface area (Å²) in [5, 5.41) is 4.32. The van der Waals surface area contributed by atoms with Gasteiger partial charge in [-0.1, -0.05) is 0 Å². The summed E-state index contributed by atoms with van der Waals surface area (Å²) in [6, 6.07) is 5.80. The van der Waals surface area contributed by atoms with Crippen LogP contribution in [0.2, 0.25) is 0 Å². The number of hydrogen-bond acceptors (Lipinski definition) is 4. The summed E-state index contributed by atoms with van der Waals surface area (Å²) in [7, 11) is -3.59. The Bertz CT molecular complexity index is 811. The molecule has 1 N–H and O–H groups in total. The summed E-state index contributed by atoms with van der Waals surface area (Å²) < 4.78 is 38.6. The van der Waals surface area contributed by atoms with E-state index in [0.717, 1.165) is 6.26 Å². The minimum Gasteiger partial charge on any atom is -0.274 e. The van der Waals surface area contributed by atoms with Crippen molar-refractivity contribution in [2.75, 3.05) is 6.26 Å². The van der Waals surface area contributed by atoms with E-state index in [0.29, 0.717) is 22.6 Å². The molecule has 1 aromatic heterocycles. The second-order valence-corrected chi connectivity index (χ2v) is 6.76. The summed E-state index contributed by atoms with van der Waals surface area (Å²) in [5.41, 5.74) is 2.63. The maximum Gasteiger partial charge on any atom is 0.237 e. The molecule has 0 bridgehead atoms. The van der Waals surface area contributed by atoms with Crippen LogP contribution in [0.5, 0.6) is 0 Å². The molecule has 0 saturated heterocycles. The van der Waals surface area contributed by atoms with E-state index < -0.39 is 15.9 Å². The lowest BCUT2D eigenvalue weighted by molar-refractivity contribution is -0.118. The zero-order valence-corrected chi connectivity index (χ0v) is 13.2. The standard InChI is InChI=1S/C14H16FN3O3S/c1-9-13(8-14(19)17-22(3,20)21)10(2)18(16-9)12-6-4-11(15)5-7-12/h4-7H,8H2,1-3H3,(H,17,19). The zero-order valence-electron chi connectivity index (χ0n) is 12.4. The molecule has 22 heavy (non-hydrogen) atoms. The van der Waals surface area contributed by atoms with E-state index in [1.807, 2.05) is 4.72 Å². The van der Waals surface area contributed by atoms with Crippen molar-refractivity contribution in [1.82, 2.24) is 14.5 Å².